The first-order valence-electron chi connectivity index (χ1n) is 16.3. The molecule has 0 bridgehead atoms. The van der Waals surface area contributed by atoms with Gasteiger partial charge in [-0.1, -0.05) is 49.8 Å². The number of piperazine rings is 1. The van der Waals surface area contributed by atoms with E-state index in [-0.39, 0.29) is 0 Å². The molecule has 5 heterocycles. The van der Waals surface area contributed by atoms with Crippen LogP contribution in [0.25, 0.3) is 22.3 Å². The minimum Gasteiger partial charge on any atom is -0.353 e. The molecular weight excluding hydrogens is 597 g/mol. The zero-order valence-electron chi connectivity index (χ0n) is 27.7. The van der Waals surface area contributed by atoms with E-state index < -0.39 is 14.8 Å². The van der Waals surface area contributed by atoms with Gasteiger partial charge in [0.1, 0.15) is 16.4 Å². The van der Waals surface area contributed by atoms with Gasteiger partial charge < -0.3 is 15.1 Å². The summed E-state index contributed by atoms with van der Waals surface area (Å²) in [7, 11) is -1.72. The van der Waals surface area contributed by atoms with Gasteiger partial charge in [-0.2, -0.15) is 5.10 Å². The Kier molecular flexibility index (Phi) is 7.59. The Morgan fingerprint density at radius 2 is 1.93 bits per heavy atom. The Bertz CT molecular complexity index is 1990. The molecule has 1 saturated heterocycles. The van der Waals surface area contributed by atoms with E-state index in [2.05, 4.69) is 42.0 Å². The van der Waals surface area contributed by atoms with E-state index in [1.807, 2.05) is 55.1 Å². The topological polar surface area (TPSA) is 101 Å². The number of aryl methyl sites for hydroxylation is 1. The van der Waals surface area contributed by atoms with Crippen LogP contribution in [-0.4, -0.2) is 69.1 Å². The highest BCUT2D eigenvalue weighted by molar-refractivity contribution is 7.91. The van der Waals surface area contributed by atoms with Gasteiger partial charge in [-0.3, -0.25) is 4.68 Å². The van der Waals surface area contributed by atoms with Gasteiger partial charge in [0, 0.05) is 81.0 Å². The Morgan fingerprint density at radius 1 is 1.11 bits per heavy atom. The van der Waals surface area contributed by atoms with Crippen molar-refractivity contribution >= 4 is 32.6 Å². The first kappa shape index (κ1) is 30.7. The molecule has 1 aliphatic carbocycles. The third kappa shape index (κ3) is 5.13. The van der Waals surface area contributed by atoms with Crippen LogP contribution in [0.5, 0.6) is 0 Å². The quantitative estimate of drug-likeness (QED) is 0.309. The number of hydrogen-bond donors (Lipinski definition) is 1. The number of benzene rings is 1. The molecule has 1 unspecified atom stereocenters. The smallest absolute Gasteiger partial charge is 0.248 e. The van der Waals surface area contributed by atoms with E-state index in [0.29, 0.717) is 36.3 Å². The first-order valence-corrected chi connectivity index (χ1v) is 17.8. The maximum absolute atomic E-state index is 14.1. The maximum atomic E-state index is 14.1. The van der Waals surface area contributed by atoms with Crippen LogP contribution in [0.3, 0.4) is 0 Å². The normalized spacial score (nSPS) is 22.1. The predicted octanol–water partition coefficient (Wildman–Crippen LogP) is 5.16. The number of nitrogens with zero attached hydrogens (tertiary/aromatic N) is 7. The molecule has 46 heavy (non-hydrogen) atoms. The van der Waals surface area contributed by atoms with Crippen LogP contribution < -0.4 is 15.1 Å². The van der Waals surface area contributed by atoms with Crippen molar-refractivity contribution in [2.24, 2.45) is 7.05 Å². The Morgan fingerprint density at radius 3 is 2.67 bits per heavy atom. The van der Waals surface area contributed by atoms with Gasteiger partial charge in [-0.25, -0.2) is 22.4 Å². The molecule has 1 fully saturated rings. The molecule has 2 aliphatic heterocycles. The van der Waals surface area contributed by atoms with Crippen LogP contribution in [0, 0.1) is 0 Å². The average molecular weight is 641 g/mol. The number of fused-ring (bicyclic) bond motifs is 2. The van der Waals surface area contributed by atoms with Crippen molar-refractivity contribution in [2.45, 2.75) is 70.7 Å². The van der Waals surface area contributed by atoms with E-state index in [9.17, 15) is 8.42 Å². The summed E-state index contributed by atoms with van der Waals surface area (Å²) in [6.07, 6.45) is 8.56. The van der Waals surface area contributed by atoms with Crippen molar-refractivity contribution in [1.82, 2.24) is 29.0 Å². The van der Waals surface area contributed by atoms with Crippen LogP contribution in [0.15, 0.2) is 60.3 Å². The molecule has 7 rings (SSSR count). The van der Waals surface area contributed by atoms with Crippen molar-refractivity contribution in [2.75, 3.05) is 36.0 Å². The highest BCUT2D eigenvalue weighted by atomic mass is 32.2. The van der Waals surface area contributed by atoms with E-state index in [4.69, 9.17) is 15.1 Å². The van der Waals surface area contributed by atoms with Crippen LogP contribution in [0.4, 0.5) is 11.6 Å². The van der Waals surface area contributed by atoms with E-state index in [1.54, 1.807) is 19.2 Å². The summed E-state index contributed by atoms with van der Waals surface area (Å²) in [4.78, 5) is 15.3. The van der Waals surface area contributed by atoms with Crippen molar-refractivity contribution in [1.29, 1.82) is 0 Å². The van der Waals surface area contributed by atoms with E-state index in [0.717, 1.165) is 77.7 Å². The summed E-state index contributed by atoms with van der Waals surface area (Å²) in [5.74, 6) is 3.07. The molecule has 0 amide bonds. The second-order valence-corrected chi connectivity index (χ2v) is 16.0. The zero-order chi connectivity index (χ0) is 32.4. The third-order valence-corrected chi connectivity index (χ3v) is 12.0. The molecule has 3 aliphatic rings. The highest BCUT2D eigenvalue weighted by Gasteiger charge is 2.40. The zero-order valence-corrected chi connectivity index (χ0v) is 28.5. The van der Waals surface area contributed by atoms with Gasteiger partial charge in [0.05, 0.1) is 16.9 Å². The second-order valence-electron chi connectivity index (χ2n) is 13.7. The number of hydrogen-bond acceptors (Lipinski definition) is 8. The number of allylic oxidation sites excluding steroid dienone is 3. The van der Waals surface area contributed by atoms with Crippen LogP contribution in [0.1, 0.15) is 63.9 Å². The minimum absolute atomic E-state index is 0.338. The number of nitrogens with one attached hydrogen (secondary N) is 1. The summed E-state index contributed by atoms with van der Waals surface area (Å²) in [5, 5.41) is 9.17. The predicted molar refractivity (Wildman–Crippen MR) is 185 cm³/mol. The fraction of sp³-hybridized carbons (Fsp3) is 0.457. The van der Waals surface area contributed by atoms with E-state index in [1.165, 1.54) is 3.97 Å². The van der Waals surface area contributed by atoms with Crippen LogP contribution in [0.2, 0.25) is 0 Å². The van der Waals surface area contributed by atoms with Crippen molar-refractivity contribution in [3.63, 3.8) is 0 Å². The molecule has 2 atom stereocenters. The Hall–Kier alpha value is -3.96. The molecule has 1 aromatic carbocycles. The van der Waals surface area contributed by atoms with Gasteiger partial charge in [-0.05, 0) is 45.2 Å². The number of aromatic nitrogens is 5. The van der Waals surface area contributed by atoms with Gasteiger partial charge in [0.25, 0.3) is 0 Å². The summed E-state index contributed by atoms with van der Waals surface area (Å²) in [5.41, 5.74) is 5.83. The fourth-order valence-electron chi connectivity index (χ4n) is 7.19. The summed E-state index contributed by atoms with van der Waals surface area (Å²) in [6.45, 7) is 14.5. The average Bonchev–Trinajstić information content (AvgIpc) is 3.64. The molecule has 0 saturated carbocycles. The lowest BCUT2D eigenvalue weighted by molar-refractivity contribution is 0.480. The summed E-state index contributed by atoms with van der Waals surface area (Å²) in [6, 6.07) is 10.2. The SMILES string of the molecule is CC1=CC=CC(C)(S(=O)(=O)n2ccc3c(-c4nc5c(c(N6CCN[C@H](C)C6)n4)CN(c4cc(C(C)C)nn4C)CC5)cccc32)C1. The van der Waals surface area contributed by atoms with Crippen LogP contribution >= 0.6 is 0 Å². The fourth-order valence-corrected chi connectivity index (χ4v) is 8.94. The Labute approximate surface area is 271 Å². The lowest BCUT2D eigenvalue weighted by Crippen LogP contribution is -2.50. The van der Waals surface area contributed by atoms with Gasteiger partial charge in [-0.15, -0.1) is 0 Å². The number of rotatable bonds is 6. The number of anilines is 2. The summed E-state index contributed by atoms with van der Waals surface area (Å²) < 4.78 is 30.6. The minimum atomic E-state index is -3.74. The van der Waals surface area contributed by atoms with Crippen LogP contribution in [-0.2, 0) is 30.0 Å². The van der Waals surface area contributed by atoms with Crippen molar-refractivity contribution in [3.05, 3.63) is 77.3 Å². The van der Waals surface area contributed by atoms with Gasteiger partial charge >= 0.3 is 0 Å². The monoisotopic (exact) mass is 640 g/mol. The maximum Gasteiger partial charge on any atom is 0.248 e. The highest BCUT2D eigenvalue weighted by Crippen LogP contribution is 2.38. The lowest BCUT2D eigenvalue weighted by Gasteiger charge is -2.37. The van der Waals surface area contributed by atoms with Gasteiger partial charge in [0.15, 0.2) is 5.82 Å². The molecule has 4 aromatic rings. The third-order valence-electron chi connectivity index (χ3n) is 9.74. The molecule has 0 spiro atoms. The first-order chi connectivity index (χ1) is 21.9. The largest absolute Gasteiger partial charge is 0.353 e. The molecule has 3 aromatic heterocycles. The Balaban J connectivity index is 1.32. The molecule has 11 heteroatoms. The lowest BCUT2D eigenvalue weighted by atomic mass is 9.96. The molecule has 10 nitrogen and oxygen atoms in total. The molecule has 0 radical (unpaired) electrons. The second kappa shape index (κ2) is 11.4. The van der Waals surface area contributed by atoms with Crippen molar-refractivity contribution < 1.29 is 8.42 Å². The van der Waals surface area contributed by atoms with Crippen molar-refractivity contribution in [3.8, 4) is 11.4 Å². The standard InChI is InChI=1S/C35H44N8O2S/c1-23(2)30-19-32(40(6)39-30)41-16-13-29-28(22-41)34(42-18-15-36-25(4)21-42)38-33(37-29)27-10-7-11-31-26(27)12-17-43(31)46(44,45)35(5)14-8-9-24(3)20-35/h7-12,14,17,19,23,25,36H,13,15-16,18,20-22H2,1-6H3/t25-,35?/m1/s1. The molecular formula is C35H44N8O2S. The summed E-state index contributed by atoms with van der Waals surface area (Å²) >= 11 is 0. The van der Waals surface area contributed by atoms with Gasteiger partial charge in [0.2, 0.25) is 10.0 Å². The van der Waals surface area contributed by atoms with E-state index >= 15 is 0 Å². The molecule has 1 N–H and O–H groups in total. The molecule has 242 valence electrons.